The van der Waals surface area contributed by atoms with Gasteiger partial charge in [-0.05, 0) is 13.8 Å². The Morgan fingerprint density at radius 1 is 1.58 bits per heavy atom. The van der Waals surface area contributed by atoms with Crippen molar-refractivity contribution in [1.82, 2.24) is 9.78 Å². The first kappa shape index (κ1) is 9.06. The summed E-state index contributed by atoms with van der Waals surface area (Å²) < 4.78 is 1.72. The minimum atomic E-state index is -0.356. The zero-order valence-electron chi connectivity index (χ0n) is 7.65. The van der Waals surface area contributed by atoms with Crippen LogP contribution >= 0.6 is 0 Å². The van der Waals surface area contributed by atoms with Crippen LogP contribution in [0.3, 0.4) is 0 Å². The summed E-state index contributed by atoms with van der Waals surface area (Å²) in [5.41, 5.74) is 0.936. The normalized spacial score (nSPS) is 15.7. The Morgan fingerprint density at radius 2 is 2.25 bits per heavy atom. The molecule has 0 spiro atoms. The van der Waals surface area contributed by atoms with Crippen LogP contribution in [0.25, 0.3) is 0 Å². The molecule has 0 bridgehead atoms. The standard InChI is InChI=1S/C8H15N3O/c1-6(7(2)12)10-8-4-9-11(3)5-8/h4-7,10,12H,1-3H3. The fraction of sp³-hybridized carbons (Fsp3) is 0.625. The number of aryl methyl sites for hydroxylation is 1. The molecule has 1 rings (SSSR count). The highest BCUT2D eigenvalue weighted by atomic mass is 16.3. The van der Waals surface area contributed by atoms with Gasteiger partial charge in [0.15, 0.2) is 0 Å². The van der Waals surface area contributed by atoms with E-state index in [2.05, 4.69) is 10.4 Å². The third kappa shape index (κ3) is 2.23. The van der Waals surface area contributed by atoms with E-state index in [0.717, 1.165) is 5.69 Å². The van der Waals surface area contributed by atoms with Crippen molar-refractivity contribution in [3.63, 3.8) is 0 Å². The molecule has 0 saturated carbocycles. The molecule has 4 heteroatoms. The van der Waals surface area contributed by atoms with Gasteiger partial charge < -0.3 is 10.4 Å². The van der Waals surface area contributed by atoms with E-state index >= 15 is 0 Å². The van der Waals surface area contributed by atoms with Crippen molar-refractivity contribution in [3.05, 3.63) is 12.4 Å². The fourth-order valence-corrected chi connectivity index (χ4v) is 0.879. The lowest BCUT2D eigenvalue weighted by Gasteiger charge is -2.15. The molecule has 2 atom stereocenters. The van der Waals surface area contributed by atoms with E-state index in [4.69, 9.17) is 0 Å². The number of nitrogens with zero attached hydrogens (tertiary/aromatic N) is 2. The van der Waals surface area contributed by atoms with Gasteiger partial charge >= 0.3 is 0 Å². The Kier molecular flexibility index (Phi) is 2.70. The van der Waals surface area contributed by atoms with Gasteiger partial charge in [-0.2, -0.15) is 5.10 Å². The number of aromatic nitrogens is 2. The van der Waals surface area contributed by atoms with Crippen molar-refractivity contribution in [2.45, 2.75) is 26.0 Å². The molecule has 0 aliphatic rings. The quantitative estimate of drug-likeness (QED) is 0.696. The summed E-state index contributed by atoms with van der Waals surface area (Å²) in [7, 11) is 1.86. The number of hydrogen-bond acceptors (Lipinski definition) is 3. The van der Waals surface area contributed by atoms with Crippen molar-refractivity contribution in [1.29, 1.82) is 0 Å². The van der Waals surface area contributed by atoms with Crippen LogP contribution in [0, 0.1) is 0 Å². The van der Waals surface area contributed by atoms with Crippen LogP contribution in [0.4, 0.5) is 5.69 Å². The van der Waals surface area contributed by atoms with Gasteiger partial charge in [-0.25, -0.2) is 0 Å². The van der Waals surface area contributed by atoms with E-state index in [1.165, 1.54) is 0 Å². The van der Waals surface area contributed by atoms with Crippen molar-refractivity contribution < 1.29 is 5.11 Å². The summed E-state index contributed by atoms with van der Waals surface area (Å²) in [4.78, 5) is 0. The molecule has 2 unspecified atom stereocenters. The second-order valence-corrected chi connectivity index (χ2v) is 3.08. The topological polar surface area (TPSA) is 50.1 Å². The molecule has 0 amide bonds. The van der Waals surface area contributed by atoms with Crippen molar-refractivity contribution in [2.24, 2.45) is 7.05 Å². The van der Waals surface area contributed by atoms with Gasteiger partial charge in [0.2, 0.25) is 0 Å². The summed E-state index contributed by atoms with van der Waals surface area (Å²) in [6.45, 7) is 3.69. The Hall–Kier alpha value is -1.03. The van der Waals surface area contributed by atoms with E-state index < -0.39 is 0 Å². The molecular weight excluding hydrogens is 154 g/mol. The number of aliphatic hydroxyl groups is 1. The second kappa shape index (κ2) is 3.58. The average Bonchev–Trinajstić information content (AvgIpc) is 2.35. The monoisotopic (exact) mass is 169 g/mol. The maximum absolute atomic E-state index is 9.20. The van der Waals surface area contributed by atoms with Gasteiger partial charge in [0.25, 0.3) is 0 Å². The molecule has 0 aliphatic heterocycles. The fourth-order valence-electron chi connectivity index (χ4n) is 0.879. The van der Waals surface area contributed by atoms with Gasteiger partial charge in [-0.15, -0.1) is 0 Å². The first-order valence-electron chi connectivity index (χ1n) is 4.03. The van der Waals surface area contributed by atoms with Gasteiger partial charge in [0.05, 0.1) is 18.0 Å². The zero-order chi connectivity index (χ0) is 9.14. The van der Waals surface area contributed by atoms with Crippen molar-refractivity contribution in [3.8, 4) is 0 Å². The lowest BCUT2D eigenvalue weighted by molar-refractivity contribution is 0.178. The molecule has 1 heterocycles. The molecule has 0 aromatic carbocycles. The molecule has 1 aromatic rings. The van der Waals surface area contributed by atoms with Gasteiger partial charge in [-0.3, -0.25) is 4.68 Å². The first-order valence-corrected chi connectivity index (χ1v) is 4.03. The summed E-state index contributed by atoms with van der Waals surface area (Å²) in [5.74, 6) is 0. The van der Waals surface area contributed by atoms with Gasteiger partial charge in [0, 0.05) is 19.3 Å². The number of rotatable bonds is 3. The SMILES string of the molecule is CC(O)C(C)Nc1cnn(C)c1. The van der Waals surface area contributed by atoms with E-state index in [0.29, 0.717) is 0 Å². The Morgan fingerprint density at radius 3 is 2.67 bits per heavy atom. The molecule has 0 aliphatic carbocycles. The van der Waals surface area contributed by atoms with E-state index in [1.54, 1.807) is 17.8 Å². The third-order valence-corrected chi connectivity index (χ3v) is 1.82. The molecule has 0 fully saturated rings. The number of hydrogen-bond donors (Lipinski definition) is 2. The van der Waals surface area contributed by atoms with Crippen LogP contribution in [-0.2, 0) is 7.05 Å². The van der Waals surface area contributed by atoms with Crippen LogP contribution in [0.2, 0.25) is 0 Å². The predicted octanol–water partition coefficient (Wildman–Crippen LogP) is 0.601. The number of nitrogens with one attached hydrogen (secondary N) is 1. The van der Waals surface area contributed by atoms with E-state index in [9.17, 15) is 5.11 Å². The Labute approximate surface area is 72.2 Å². The molecule has 68 valence electrons. The van der Waals surface area contributed by atoms with Crippen LogP contribution < -0.4 is 5.32 Å². The largest absolute Gasteiger partial charge is 0.391 e. The first-order chi connectivity index (χ1) is 5.59. The molecule has 2 N–H and O–H groups in total. The molecule has 0 radical (unpaired) electrons. The number of anilines is 1. The van der Waals surface area contributed by atoms with Gasteiger partial charge in [0.1, 0.15) is 0 Å². The molecule has 4 nitrogen and oxygen atoms in total. The predicted molar refractivity (Wildman–Crippen MR) is 48.0 cm³/mol. The summed E-state index contributed by atoms with van der Waals surface area (Å²) >= 11 is 0. The minimum absolute atomic E-state index is 0.0502. The smallest absolute Gasteiger partial charge is 0.0729 e. The summed E-state index contributed by atoms with van der Waals surface area (Å²) in [5, 5.41) is 16.3. The third-order valence-electron chi connectivity index (χ3n) is 1.82. The maximum Gasteiger partial charge on any atom is 0.0729 e. The minimum Gasteiger partial charge on any atom is -0.391 e. The van der Waals surface area contributed by atoms with Crippen LogP contribution in [-0.4, -0.2) is 27.0 Å². The Balaban J connectivity index is 2.52. The summed E-state index contributed by atoms with van der Waals surface area (Å²) in [6.07, 6.45) is 3.25. The second-order valence-electron chi connectivity index (χ2n) is 3.08. The molecule has 12 heavy (non-hydrogen) atoms. The highest BCUT2D eigenvalue weighted by Gasteiger charge is 2.08. The Bertz CT molecular complexity index is 244. The lowest BCUT2D eigenvalue weighted by atomic mass is 10.2. The molecular formula is C8H15N3O. The average molecular weight is 169 g/mol. The van der Waals surface area contributed by atoms with E-state index in [-0.39, 0.29) is 12.1 Å². The van der Waals surface area contributed by atoms with Gasteiger partial charge in [-0.1, -0.05) is 0 Å². The van der Waals surface area contributed by atoms with Crippen molar-refractivity contribution in [2.75, 3.05) is 5.32 Å². The van der Waals surface area contributed by atoms with E-state index in [1.807, 2.05) is 20.2 Å². The molecule has 0 saturated heterocycles. The highest BCUT2D eigenvalue weighted by Crippen LogP contribution is 2.07. The van der Waals surface area contributed by atoms with Crippen LogP contribution in [0.5, 0.6) is 0 Å². The number of aliphatic hydroxyl groups excluding tert-OH is 1. The van der Waals surface area contributed by atoms with Crippen LogP contribution in [0.1, 0.15) is 13.8 Å². The van der Waals surface area contributed by atoms with Crippen molar-refractivity contribution >= 4 is 5.69 Å². The zero-order valence-corrected chi connectivity index (χ0v) is 7.65. The lowest BCUT2D eigenvalue weighted by Crippen LogP contribution is -2.27. The highest BCUT2D eigenvalue weighted by molar-refractivity contribution is 5.39. The summed E-state index contributed by atoms with van der Waals surface area (Å²) in [6, 6.07) is 0.0502. The molecule has 1 aromatic heterocycles. The van der Waals surface area contributed by atoms with Crippen LogP contribution in [0.15, 0.2) is 12.4 Å². The maximum atomic E-state index is 9.20.